The van der Waals surface area contributed by atoms with Crippen molar-refractivity contribution in [2.75, 3.05) is 6.54 Å². The lowest BCUT2D eigenvalue weighted by atomic mass is 9.85. The summed E-state index contributed by atoms with van der Waals surface area (Å²) >= 11 is 0. The normalized spacial score (nSPS) is 25.4. The lowest BCUT2D eigenvalue weighted by molar-refractivity contribution is -0.157. The molecule has 1 atom stereocenters. The van der Waals surface area contributed by atoms with Gasteiger partial charge in [-0.1, -0.05) is 40.5 Å². The van der Waals surface area contributed by atoms with Gasteiger partial charge < -0.3 is 10.2 Å². The minimum Gasteiger partial charge on any atom is -0.340 e. The molecule has 2 fully saturated rings. The van der Waals surface area contributed by atoms with Crippen LogP contribution < -0.4 is 5.32 Å². The van der Waals surface area contributed by atoms with Gasteiger partial charge in [0.25, 0.3) is 0 Å². The molecular formula is C17H30N2O2. The van der Waals surface area contributed by atoms with E-state index >= 15 is 0 Å². The minimum atomic E-state index is -0.672. The van der Waals surface area contributed by atoms with Crippen LogP contribution >= 0.6 is 0 Å². The molecular weight excluding hydrogens is 264 g/mol. The van der Waals surface area contributed by atoms with Gasteiger partial charge in [0.1, 0.15) is 11.6 Å². The van der Waals surface area contributed by atoms with Gasteiger partial charge in [0.15, 0.2) is 0 Å². The highest BCUT2D eigenvalue weighted by molar-refractivity contribution is 6.00. The number of nitrogens with one attached hydrogen (secondary N) is 1. The Labute approximate surface area is 128 Å². The highest BCUT2D eigenvalue weighted by Gasteiger charge is 2.53. The Bertz CT molecular complexity index is 396. The molecule has 4 nitrogen and oxygen atoms in total. The van der Waals surface area contributed by atoms with Gasteiger partial charge in [0.05, 0.1) is 0 Å². The summed E-state index contributed by atoms with van der Waals surface area (Å²) in [6.45, 7) is 9.06. The number of amides is 2. The van der Waals surface area contributed by atoms with Crippen LogP contribution in [-0.4, -0.2) is 34.8 Å². The molecule has 2 rings (SSSR count). The Morgan fingerprint density at radius 1 is 1.14 bits per heavy atom. The van der Waals surface area contributed by atoms with Crippen LogP contribution in [0.1, 0.15) is 66.2 Å². The molecule has 0 aromatic carbocycles. The fraction of sp³-hybridized carbons (Fsp3) is 0.882. The van der Waals surface area contributed by atoms with Crippen molar-refractivity contribution < 1.29 is 9.59 Å². The fourth-order valence-electron chi connectivity index (χ4n) is 3.54. The largest absolute Gasteiger partial charge is 0.340 e. The maximum Gasteiger partial charge on any atom is 0.249 e. The molecule has 1 N–H and O–H groups in total. The summed E-state index contributed by atoms with van der Waals surface area (Å²) in [4.78, 5) is 27.6. The van der Waals surface area contributed by atoms with Crippen molar-refractivity contribution in [3.63, 3.8) is 0 Å². The molecule has 1 aliphatic heterocycles. The molecule has 21 heavy (non-hydrogen) atoms. The first-order valence-corrected chi connectivity index (χ1v) is 8.66. The zero-order valence-corrected chi connectivity index (χ0v) is 13.9. The van der Waals surface area contributed by atoms with Gasteiger partial charge in [-0.05, 0) is 37.5 Å². The first-order chi connectivity index (χ1) is 10.0. The molecule has 0 bridgehead atoms. The highest BCUT2D eigenvalue weighted by atomic mass is 16.2. The van der Waals surface area contributed by atoms with E-state index in [0.29, 0.717) is 24.7 Å². The summed E-state index contributed by atoms with van der Waals surface area (Å²) in [6, 6.07) is -0.218. The Hall–Kier alpha value is -1.06. The second-order valence-electron chi connectivity index (χ2n) is 6.70. The molecule has 1 saturated carbocycles. The van der Waals surface area contributed by atoms with Crippen molar-refractivity contribution >= 4 is 11.8 Å². The van der Waals surface area contributed by atoms with Gasteiger partial charge in [0, 0.05) is 6.54 Å². The van der Waals surface area contributed by atoms with Crippen LogP contribution in [0, 0.1) is 11.8 Å². The van der Waals surface area contributed by atoms with Crippen LogP contribution in [0.15, 0.2) is 0 Å². The third-order valence-corrected chi connectivity index (χ3v) is 5.52. The lowest BCUT2D eigenvalue weighted by Crippen LogP contribution is -2.71. The summed E-state index contributed by atoms with van der Waals surface area (Å²) in [5.74, 6) is 1.10. The molecule has 120 valence electrons. The van der Waals surface area contributed by atoms with Crippen LogP contribution in [0.5, 0.6) is 0 Å². The molecule has 1 unspecified atom stereocenters. The van der Waals surface area contributed by atoms with E-state index in [0.717, 1.165) is 32.2 Å². The van der Waals surface area contributed by atoms with E-state index in [4.69, 9.17) is 0 Å². The second kappa shape index (κ2) is 6.37. The van der Waals surface area contributed by atoms with Crippen molar-refractivity contribution in [3.8, 4) is 0 Å². The number of piperazine rings is 1. The molecule has 0 aromatic rings. The van der Waals surface area contributed by atoms with Gasteiger partial charge in [-0.3, -0.25) is 9.59 Å². The number of rotatable bonds is 7. The van der Waals surface area contributed by atoms with Gasteiger partial charge in [-0.2, -0.15) is 0 Å². The summed E-state index contributed by atoms with van der Waals surface area (Å²) in [5.41, 5.74) is -0.672. The zero-order valence-electron chi connectivity index (χ0n) is 13.9. The van der Waals surface area contributed by atoms with E-state index < -0.39 is 5.54 Å². The van der Waals surface area contributed by atoms with Crippen LogP contribution in [0.3, 0.4) is 0 Å². The van der Waals surface area contributed by atoms with E-state index in [1.807, 2.05) is 18.7 Å². The summed E-state index contributed by atoms with van der Waals surface area (Å²) in [7, 11) is 0. The molecule has 1 aliphatic carbocycles. The van der Waals surface area contributed by atoms with Crippen molar-refractivity contribution in [1.82, 2.24) is 10.2 Å². The van der Waals surface area contributed by atoms with E-state index in [-0.39, 0.29) is 17.9 Å². The van der Waals surface area contributed by atoms with Crippen molar-refractivity contribution in [1.29, 1.82) is 0 Å². The second-order valence-corrected chi connectivity index (χ2v) is 6.70. The fourth-order valence-corrected chi connectivity index (χ4v) is 3.54. The molecule has 4 heteroatoms. The molecule has 1 heterocycles. The standard InChI is InChI=1S/C17H30N2O2/c1-5-12(6-2)11-19-14(13-9-10-13)15(20)18-17(7-3,8-4)16(19)21/h12-14H,5-11H2,1-4H3,(H,18,20). The maximum absolute atomic E-state index is 13.1. The van der Waals surface area contributed by atoms with Gasteiger partial charge in [-0.25, -0.2) is 0 Å². The Balaban J connectivity index is 2.28. The van der Waals surface area contributed by atoms with E-state index in [1.165, 1.54) is 0 Å². The molecule has 1 saturated heterocycles. The lowest BCUT2D eigenvalue weighted by Gasteiger charge is -2.46. The molecule has 2 aliphatic rings. The average molecular weight is 294 g/mol. The topological polar surface area (TPSA) is 49.4 Å². The zero-order chi connectivity index (χ0) is 15.6. The third kappa shape index (κ3) is 2.95. The molecule has 0 spiro atoms. The van der Waals surface area contributed by atoms with Gasteiger partial charge >= 0.3 is 0 Å². The summed E-state index contributed by atoms with van der Waals surface area (Å²) < 4.78 is 0. The summed E-state index contributed by atoms with van der Waals surface area (Å²) in [6.07, 6.45) is 5.62. The van der Waals surface area contributed by atoms with Crippen LogP contribution in [0.4, 0.5) is 0 Å². The highest BCUT2D eigenvalue weighted by Crippen LogP contribution is 2.39. The molecule has 2 amide bonds. The van der Waals surface area contributed by atoms with Crippen LogP contribution in [-0.2, 0) is 9.59 Å². The third-order valence-electron chi connectivity index (χ3n) is 5.52. The molecule has 0 radical (unpaired) electrons. The smallest absolute Gasteiger partial charge is 0.249 e. The first kappa shape index (κ1) is 16.3. The quantitative estimate of drug-likeness (QED) is 0.785. The number of carbonyl (C=O) groups is 2. The predicted octanol–water partition coefficient (Wildman–Crippen LogP) is 2.72. The van der Waals surface area contributed by atoms with Crippen molar-refractivity contribution in [3.05, 3.63) is 0 Å². The number of hydrogen-bond acceptors (Lipinski definition) is 2. The monoisotopic (exact) mass is 294 g/mol. The van der Waals surface area contributed by atoms with E-state index in [2.05, 4.69) is 19.2 Å². The van der Waals surface area contributed by atoms with E-state index in [9.17, 15) is 9.59 Å². The average Bonchev–Trinajstić information content (AvgIpc) is 3.32. The Kier molecular flexibility index (Phi) is 4.95. The van der Waals surface area contributed by atoms with Gasteiger partial charge in [0.2, 0.25) is 11.8 Å². The van der Waals surface area contributed by atoms with Crippen LogP contribution in [0.25, 0.3) is 0 Å². The van der Waals surface area contributed by atoms with E-state index in [1.54, 1.807) is 0 Å². The van der Waals surface area contributed by atoms with Crippen molar-refractivity contribution in [2.45, 2.75) is 77.8 Å². The maximum atomic E-state index is 13.1. The van der Waals surface area contributed by atoms with Crippen LogP contribution in [0.2, 0.25) is 0 Å². The number of carbonyl (C=O) groups excluding carboxylic acids is 2. The summed E-state index contributed by atoms with van der Waals surface area (Å²) in [5, 5.41) is 3.06. The first-order valence-electron chi connectivity index (χ1n) is 8.66. The predicted molar refractivity (Wildman–Crippen MR) is 83.8 cm³/mol. The minimum absolute atomic E-state index is 0.0757. The SMILES string of the molecule is CCC(CC)CN1C(=O)C(CC)(CC)NC(=O)C1C1CC1. The Morgan fingerprint density at radius 3 is 2.14 bits per heavy atom. The number of nitrogens with zero attached hydrogens (tertiary/aromatic N) is 1. The Morgan fingerprint density at radius 2 is 1.71 bits per heavy atom. The van der Waals surface area contributed by atoms with Crippen molar-refractivity contribution in [2.24, 2.45) is 11.8 Å². The number of hydrogen-bond donors (Lipinski definition) is 1. The van der Waals surface area contributed by atoms with Gasteiger partial charge in [-0.15, -0.1) is 0 Å². The molecule has 0 aromatic heterocycles.